The van der Waals surface area contributed by atoms with E-state index in [0.29, 0.717) is 5.69 Å². The quantitative estimate of drug-likeness (QED) is 0.579. The van der Waals surface area contributed by atoms with Gasteiger partial charge in [-0.05, 0) is 19.1 Å². The summed E-state index contributed by atoms with van der Waals surface area (Å²) < 4.78 is 0. The van der Waals surface area contributed by atoms with Crippen LogP contribution in [0, 0.1) is 19.3 Å². The van der Waals surface area contributed by atoms with Gasteiger partial charge in [0.2, 0.25) is 0 Å². The minimum Gasteiger partial charge on any atom is -0.324 e. The van der Waals surface area contributed by atoms with Gasteiger partial charge in [-0.1, -0.05) is 28.7 Å². The number of nitrogens with zero attached hydrogens (tertiary/aromatic N) is 2. The van der Waals surface area contributed by atoms with E-state index < -0.39 is 6.03 Å². The summed E-state index contributed by atoms with van der Waals surface area (Å²) >= 11 is 0. The molecule has 0 unspecified atom stereocenters. The summed E-state index contributed by atoms with van der Waals surface area (Å²) in [6, 6.07) is 6.83. The first-order valence-corrected chi connectivity index (χ1v) is 4.42. The van der Waals surface area contributed by atoms with E-state index in [1.807, 2.05) is 19.1 Å². The lowest BCUT2D eigenvalue weighted by Crippen LogP contribution is -2.18. The van der Waals surface area contributed by atoms with Crippen molar-refractivity contribution < 1.29 is 4.79 Å². The molecule has 0 aliphatic rings. The van der Waals surface area contributed by atoms with Crippen LogP contribution in [0.2, 0.25) is 0 Å². The molecule has 0 heterocycles. The second-order valence-electron chi connectivity index (χ2n) is 2.90. The number of carbonyl (C=O) groups is 1. The summed E-state index contributed by atoms with van der Waals surface area (Å²) in [5, 5.41) is 9.56. The molecule has 0 aromatic heterocycles. The van der Waals surface area contributed by atoms with Crippen molar-refractivity contribution in [3.8, 4) is 12.3 Å². The maximum Gasteiger partial charge on any atom is 0.360 e. The fourth-order valence-electron chi connectivity index (χ4n) is 0.877. The molecule has 0 atom stereocenters. The van der Waals surface area contributed by atoms with E-state index in [1.165, 1.54) is 0 Å². The Labute approximate surface area is 88.4 Å². The number of amides is 2. The van der Waals surface area contributed by atoms with Crippen LogP contribution in [0.3, 0.4) is 0 Å². The number of azo groups is 1. The SMILES string of the molecule is C#CCNC(=O)N=Nc1ccc(C)cc1. The van der Waals surface area contributed by atoms with Crippen LogP contribution in [-0.4, -0.2) is 12.6 Å². The average Bonchev–Trinajstić information content (AvgIpc) is 2.25. The molecule has 76 valence electrons. The van der Waals surface area contributed by atoms with Gasteiger partial charge in [0.05, 0.1) is 12.2 Å². The Morgan fingerprint density at radius 1 is 1.47 bits per heavy atom. The zero-order chi connectivity index (χ0) is 11.1. The van der Waals surface area contributed by atoms with E-state index >= 15 is 0 Å². The van der Waals surface area contributed by atoms with Crippen molar-refractivity contribution in [2.75, 3.05) is 6.54 Å². The van der Waals surface area contributed by atoms with Gasteiger partial charge in [-0.25, -0.2) is 4.79 Å². The van der Waals surface area contributed by atoms with Crippen LogP contribution in [0.15, 0.2) is 34.5 Å². The van der Waals surface area contributed by atoms with Crippen LogP contribution >= 0.6 is 0 Å². The van der Waals surface area contributed by atoms with Crippen molar-refractivity contribution in [2.24, 2.45) is 10.2 Å². The predicted octanol–water partition coefficient (Wildman–Crippen LogP) is 2.42. The molecule has 2 amide bonds. The van der Waals surface area contributed by atoms with Crippen molar-refractivity contribution in [3.63, 3.8) is 0 Å². The molecule has 1 aromatic carbocycles. The number of benzene rings is 1. The molecule has 0 saturated carbocycles. The lowest BCUT2D eigenvalue weighted by atomic mass is 10.2. The molecule has 1 aromatic rings. The Kier molecular flexibility index (Phi) is 4.05. The van der Waals surface area contributed by atoms with Crippen LogP contribution in [-0.2, 0) is 0 Å². The first-order chi connectivity index (χ1) is 7.22. The molecular weight excluding hydrogens is 190 g/mol. The van der Waals surface area contributed by atoms with Crippen LogP contribution in [0.5, 0.6) is 0 Å². The molecule has 0 spiro atoms. The smallest absolute Gasteiger partial charge is 0.324 e. The summed E-state index contributed by atoms with van der Waals surface area (Å²) in [5.41, 5.74) is 1.77. The summed E-state index contributed by atoms with van der Waals surface area (Å²) in [6.45, 7) is 2.13. The van der Waals surface area contributed by atoms with E-state index in [1.54, 1.807) is 12.1 Å². The third kappa shape index (κ3) is 4.05. The third-order valence-electron chi connectivity index (χ3n) is 1.63. The highest BCUT2D eigenvalue weighted by molar-refractivity contribution is 5.74. The summed E-state index contributed by atoms with van der Waals surface area (Å²) in [5.74, 6) is 2.27. The van der Waals surface area contributed by atoms with E-state index in [4.69, 9.17) is 6.42 Å². The van der Waals surface area contributed by atoms with Gasteiger partial charge in [0.1, 0.15) is 0 Å². The molecule has 4 nitrogen and oxygen atoms in total. The van der Waals surface area contributed by atoms with E-state index in [9.17, 15) is 4.79 Å². The van der Waals surface area contributed by atoms with Gasteiger partial charge in [0, 0.05) is 0 Å². The summed E-state index contributed by atoms with van der Waals surface area (Å²) in [4.78, 5) is 11.0. The largest absolute Gasteiger partial charge is 0.360 e. The van der Waals surface area contributed by atoms with Crippen LogP contribution in [0.4, 0.5) is 10.5 Å². The van der Waals surface area contributed by atoms with Gasteiger partial charge in [-0.3, -0.25) is 0 Å². The van der Waals surface area contributed by atoms with Gasteiger partial charge in [-0.15, -0.1) is 11.5 Å². The average molecular weight is 201 g/mol. The predicted molar refractivity (Wildman–Crippen MR) is 57.9 cm³/mol. The standard InChI is InChI=1S/C11H11N3O/c1-3-8-12-11(15)14-13-10-6-4-9(2)5-7-10/h1,4-7H,8H2,2H3,(H,12,15). The second kappa shape index (κ2) is 5.55. The number of nitrogens with one attached hydrogen (secondary N) is 1. The Bertz CT molecular complexity index is 401. The molecule has 1 N–H and O–H groups in total. The highest BCUT2D eigenvalue weighted by atomic mass is 16.2. The van der Waals surface area contributed by atoms with Gasteiger partial charge in [0.25, 0.3) is 0 Å². The molecule has 0 fully saturated rings. The van der Waals surface area contributed by atoms with Crippen molar-refractivity contribution in [2.45, 2.75) is 6.92 Å². The topological polar surface area (TPSA) is 53.8 Å². The molecule has 0 bridgehead atoms. The van der Waals surface area contributed by atoms with Gasteiger partial charge >= 0.3 is 6.03 Å². The Balaban J connectivity index is 2.54. The Morgan fingerprint density at radius 2 is 2.13 bits per heavy atom. The van der Waals surface area contributed by atoms with Crippen molar-refractivity contribution in [3.05, 3.63) is 29.8 Å². The van der Waals surface area contributed by atoms with Crippen LogP contribution in [0.1, 0.15) is 5.56 Å². The minimum atomic E-state index is -0.534. The summed E-state index contributed by atoms with van der Waals surface area (Å²) in [7, 11) is 0. The van der Waals surface area contributed by atoms with Gasteiger partial charge in [-0.2, -0.15) is 0 Å². The molecule has 0 radical (unpaired) electrons. The first-order valence-electron chi connectivity index (χ1n) is 4.42. The lowest BCUT2D eigenvalue weighted by Gasteiger charge is -1.94. The minimum absolute atomic E-state index is 0.158. The normalized spacial score (nSPS) is 9.87. The monoisotopic (exact) mass is 201 g/mol. The molecule has 0 aliphatic heterocycles. The molecule has 15 heavy (non-hydrogen) atoms. The lowest BCUT2D eigenvalue weighted by molar-refractivity contribution is 0.249. The highest BCUT2D eigenvalue weighted by Gasteiger charge is 1.94. The van der Waals surface area contributed by atoms with E-state index in [0.717, 1.165) is 5.56 Å². The third-order valence-corrected chi connectivity index (χ3v) is 1.63. The van der Waals surface area contributed by atoms with E-state index in [2.05, 4.69) is 21.5 Å². The summed E-state index contributed by atoms with van der Waals surface area (Å²) in [6.07, 6.45) is 4.96. The number of aryl methyl sites for hydroxylation is 1. The maximum atomic E-state index is 11.0. The van der Waals surface area contributed by atoms with Gasteiger partial charge in [0.15, 0.2) is 0 Å². The van der Waals surface area contributed by atoms with Crippen molar-refractivity contribution >= 4 is 11.7 Å². The van der Waals surface area contributed by atoms with Crippen LogP contribution < -0.4 is 5.32 Å². The van der Waals surface area contributed by atoms with Crippen molar-refractivity contribution in [1.29, 1.82) is 0 Å². The first kappa shape index (κ1) is 10.9. The molecular formula is C11H11N3O. The number of rotatable bonds is 2. The zero-order valence-electron chi connectivity index (χ0n) is 8.40. The molecule has 0 aliphatic carbocycles. The number of hydrogen-bond donors (Lipinski definition) is 1. The highest BCUT2D eigenvalue weighted by Crippen LogP contribution is 2.12. The number of hydrogen-bond acceptors (Lipinski definition) is 2. The number of carbonyl (C=O) groups excluding carboxylic acids is 1. The van der Waals surface area contributed by atoms with E-state index in [-0.39, 0.29) is 6.54 Å². The number of terminal acetylenes is 1. The zero-order valence-corrected chi connectivity index (χ0v) is 8.40. The van der Waals surface area contributed by atoms with Crippen molar-refractivity contribution in [1.82, 2.24) is 5.32 Å². The van der Waals surface area contributed by atoms with Crippen LogP contribution in [0.25, 0.3) is 0 Å². The Morgan fingerprint density at radius 3 is 2.73 bits per heavy atom. The number of urea groups is 1. The fraction of sp³-hybridized carbons (Fsp3) is 0.182. The molecule has 1 rings (SSSR count). The maximum absolute atomic E-state index is 11.0. The molecule has 0 saturated heterocycles. The Hall–Kier alpha value is -2.15. The second-order valence-corrected chi connectivity index (χ2v) is 2.90. The van der Waals surface area contributed by atoms with Gasteiger partial charge < -0.3 is 5.32 Å². The fourth-order valence-corrected chi connectivity index (χ4v) is 0.877. The molecule has 4 heteroatoms.